The summed E-state index contributed by atoms with van der Waals surface area (Å²) in [5.74, 6) is -3.54. The van der Waals surface area contributed by atoms with E-state index in [0.717, 1.165) is 0 Å². The van der Waals surface area contributed by atoms with Crippen LogP contribution in [0.15, 0.2) is 0 Å². The van der Waals surface area contributed by atoms with Crippen molar-refractivity contribution >= 4 is 11.9 Å². The molecular formula is C4H6ClKO10. The van der Waals surface area contributed by atoms with Gasteiger partial charge in [-0.2, -0.15) is 0 Å². The van der Waals surface area contributed by atoms with E-state index in [1.807, 2.05) is 0 Å². The van der Waals surface area contributed by atoms with Crippen LogP contribution in [0.25, 0.3) is 0 Å². The zero-order valence-corrected chi connectivity index (χ0v) is 11.7. The number of carboxylic acid groups (broad SMARTS) is 2. The molecule has 12 heteroatoms. The summed E-state index contributed by atoms with van der Waals surface area (Å²) < 4.78 is 34.0. The van der Waals surface area contributed by atoms with Crippen LogP contribution in [-0.2, 0) is 9.59 Å². The molecule has 0 aliphatic heterocycles. The van der Waals surface area contributed by atoms with Crippen LogP contribution >= 0.6 is 0 Å². The molecule has 0 spiro atoms. The van der Waals surface area contributed by atoms with E-state index in [1.54, 1.807) is 0 Å². The van der Waals surface area contributed by atoms with Crippen molar-refractivity contribution in [2.24, 2.45) is 0 Å². The van der Waals surface area contributed by atoms with Crippen molar-refractivity contribution in [3.8, 4) is 0 Å². The number of aliphatic hydroxyl groups is 2. The molecule has 16 heavy (non-hydrogen) atoms. The Bertz CT molecular complexity index is 201. The Morgan fingerprint density at radius 3 is 1.06 bits per heavy atom. The maximum atomic E-state index is 9.77. The van der Waals surface area contributed by atoms with Crippen molar-refractivity contribution in [2.75, 3.05) is 0 Å². The molecule has 0 fully saturated rings. The summed E-state index contributed by atoms with van der Waals surface area (Å²) in [6.07, 6.45) is -4.53. The number of carboxylic acids is 2. The Morgan fingerprint density at radius 1 is 0.875 bits per heavy atom. The Hall–Kier alpha value is 0.626. The van der Waals surface area contributed by atoms with E-state index in [0.29, 0.717) is 0 Å². The predicted octanol–water partition coefficient (Wildman–Crippen LogP) is -9.87. The second-order valence-corrected chi connectivity index (χ2v) is 2.70. The molecule has 0 aromatic carbocycles. The molecule has 0 aromatic rings. The van der Waals surface area contributed by atoms with Gasteiger partial charge in [0.2, 0.25) is 0 Å². The quantitative estimate of drug-likeness (QED) is 0.360. The first-order valence-electron chi connectivity index (χ1n) is 2.90. The molecular weight excluding hydrogens is 283 g/mol. The molecule has 0 aliphatic rings. The van der Waals surface area contributed by atoms with Crippen molar-refractivity contribution in [1.29, 1.82) is 0 Å². The van der Waals surface area contributed by atoms with E-state index < -0.39 is 34.4 Å². The van der Waals surface area contributed by atoms with Crippen molar-refractivity contribution in [3.05, 3.63) is 0 Å². The minimum Gasteiger partial charge on any atom is -0.479 e. The fourth-order valence-electron chi connectivity index (χ4n) is 0.270. The van der Waals surface area contributed by atoms with Crippen molar-refractivity contribution < 1.29 is 110 Å². The third-order valence-corrected chi connectivity index (χ3v) is 0.805. The van der Waals surface area contributed by atoms with Gasteiger partial charge in [-0.05, 0) is 0 Å². The second-order valence-electron chi connectivity index (χ2n) is 1.94. The third-order valence-electron chi connectivity index (χ3n) is 0.805. The molecule has 0 radical (unpaired) electrons. The van der Waals surface area contributed by atoms with Crippen LogP contribution in [-0.4, -0.2) is 44.6 Å². The van der Waals surface area contributed by atoms with E-state index in [4.69, 9.17) is 39.1 Å². The zero-order chi connectivity index (χ0) is 12.8. The van der Waals surface area contributed by atoms with Gasteiger partial charge in [-0.1, -0.05) is 0 Å². The maximum Gasteiger partial charge on any atom is 1.00 e. The minimum absolute atomic E-state index is 0. The van der Waals surface area contributed by atoms with Gasteiger partial charge in [0, 0.05) is 0 Å². The SMILES string of the molecule is O=C(O)C(O)C(O)C(=O)O.[K+].[O-][Cl+3]([O-])([O-])[O-]. The van der Waals surface area contributed by atoms with Gasteiger partial charge in [-0.15, -0.1) is 10.2 Å². The van der Waals surface area contributed by atoms with Gasteiger partial charge in [0.15, 0.2) is 12.2 Å². The molecule has 4 N–H and O–H groups in total. The molecule has 0 saturated carbocycles. The average Bonchev–Trinajstić information content (AvgIpc) is 1.98. The number of rotatable bonds is 3. The molecule has 10 nitrogen and oxygen atoms in total. The van der Waals surface area contributed by atoms with E-state index in [2.05, 4.69) is 0 Å². The van der Waals surface area contributed by atoms with Gasteiger partial charge in [0.05, 0.1) is 0 Å². The van der Waals surface area contributed by atoms with Crippen LogP contribution < -0.4 is 70.0 Å². The van der Waals surface area contributed by atoms with Crippen molar-refractivity contribution in [2.45, 2.75) is 12.2 Å². The summed E-state index contributed by atoms with van der Waals surface area (Å²) in [5, 5.41) is 32.5. The predicted molar refractivity (Wildman–Crippen MR) is 27.3 cm³/mol. The Morgan fingerprint density at radius 2 is 1.00 bits per heavy atom. The molecule has 90 valence electrons. The standard InChI is InChI=1S/C4H6O6.ClHO4.K/c5-1(3(7)8)2(6)4(9)10;2-1(3,4)5;/h1-2,5-6H,(H,7,8)(H,9,10);(H,2,3,4,5);/q;;+1/p-1. The number of hydrogen-bond donors (Lipinski definition) is 4. The van der Waals surface area contributed by atoms with Crippen LogP contribution in [0.1, 0.15) is 0 Å². The fraction of sp³-hybridized carbons (Fsp3) is 0.500. The minimum atomic E-state index is -4.94. The smallest absolute Gasteiger partial charge is 0.479 e. The van der Waals surface area contributed by atoms with Crippen LogP contribution in [0.2, 0.25) is 0 Å². The van der Waals surface area contributed by atoms with Crippen LogP contribution in [0.3, 0.4) is 0 Å². The van der Waals surface area contributed by atoms with E-state index in [-0.39, 0.29) is 51.4 Å². The van der Waals surface area contributed by atoms with Gasteiger partial charge in [0.25, 0.3) is 0 Å². The van der Waals surface area contributed by atoms with Gasteiger partial charge in [0.1, 0.15) is 0 Å². The van der Waals surface area contributed by atoms with Gasteiger partial charge >= 0.3 is 63.3 Å². The monoisotopic (exact) mass is 288 g/mol. The Balaban J connectivity index is -0.000000242. The molecule has 2 unspecified atom stereocenters. The number of carbonyl (C=O) groups is 2. The molecule has 0 aromatic heterocycles. The number of hydrogen-bond acceptors (Lipinski definition) is 8. The van der Waals surface area contributed by atoms with E-state index >= 15 is 0 Å². The fourth-order valence-corrected chi connectivity index (χ4v) is 0.270. The number of aliphatic hydroxyl groups excluding tert-OH is 2. The Kier molecular flexibility index (Phi) is 13.2. The molecule has 0 saturated heterocycles. The first-order valence-corrected chi connectivity index (χ1v) is 4.13. The van der Waals surface area contributed by atoms with Gasteiger partial charge < -0.3 is 20.4 Å². The van der Waals surface area contributed by atoms with Crippen molar-refractivity contribution in [1.82, 2.24) is 0 Å². The second kappa shape index (κ2) is 9.64. The number of halogens is 1. The number of aliphatic carboxylic acids is 2. The molecule has 0 amide bonds. The van der Waals surface area contributed by atoms with Crippen molar-refractivity contribution in [3.63, 3.8) is 0 Å². The first-order chi connectivity index (χ1) is 6.46. The van der Waals surface area contributed by atoms with Crippen LogP contribution in [0.4, 0.5) is 0 Å². The molecule has 0 rings (SSSR count). The third kappa shape index (κ3) is 17.0. The molecule has 2 atom stereocenters. The molecule has 0 heterocycles. The Labute approximate surface area is 133 Å². The normalized spacial score (nSPS) is 13.6. The average molecular weight is 289 g/mol. The van der Waals surface area contributed by atoms with E-state index in [9.17, 15) is 9.59 Å². The summed E-state index contributed by atoms with van der Waals surface area (Å²) in [6.45, 7) is 0. The largest absolute Gasteiger partial charge is 1.00 e. The van der Waals surface area contributed by atoms with Gasteiger partial charge in [-0.25, -0.2) is 28.2 Å². The topological polar surface area (TPSA) is 207 Å². The maximum absolute atomic E-state index is 9.77. The first kappa shape index (κ1) is 21.9. The molecule has 0 aliphatic carbocycles. The van der Waals surface area contributed by atoms with Crippen LogP contribution in [0.5, 0.6) is 0 Å². The summed E-state index contributed by atoms with van der Waals surface area (Å²) in [7, 11) is -4.94. The molecule has 0 bridgehead atoms. The van der Waals surface area contributed by atoms with E-state index in [1.165, 1.54) is 0 Å². The van der Waals surface area contributed by atoms with Gasteiger partial charge in [-0.3, -0.25) is 0 Å². The summed E-state index contributed by atoms with van der Waals surface area (Å²) in [4.78, 5) is 19.5. The summed E-state index contributed by atoms with van der Waals surface area (Å²) >= 11 is 0. The van der Waals surface area contributed by atoms with Crippen LogP contribution in [0, 0.1) is 10.2 Å². The summed E-state index contributed by atoms with van der Waals surface area (Å²) in [5.41, 5.74) is 0. The summed E-state index contributed by atoms with van der Waals surface area (Å²) in [6, 6.07) is 0. The zero-order valence-electron chi connectivity index (χ0n) is 7.77.